The Labute approximate surface area is 102 Å². The SMILES string of the molecule is CO[N+](C)(N)O[C@H](ON(C)OI)N(C)N. The highest BCUT2D eigenvalue weighted by Crippen LogP contribution is 2.07. The third-order valence-corrected chi connectivity index (χ3v) is 1.89. The lowest BCUT2D eigenvalue weighted by molar-refractivity contribution is -1.25. The average Bonchev–Trinajstić information content (AvgIpc) is 2.16. The second-order valence-corrected chi connectivity index (χ2v) is 3.18. The lowest BCUT2D eigenvalue weighted by Gasteiger charge is -2.29. The molecule has 4 N–H and O–H groups in total. The Morgan fingerprint density at radius 2 is 1.93 bits per heavy atom. The Morgan fingerprint density at radius 1 is 1.40 bits per heavy atom. The summed E-state index contributed by atoms with van der Waals surface area (Å²) in [5.74, 6) is 11.0. The number of hydrazine groups is 1. The van der Waals surface area contributed by atoms with E-state index in [1.807, 2.05) is 0 Å². The third kappa shape index (κ3) is 6.52. The summed E-state index contributed by atoms with van der Waals surface area (Å²) < 4.78 is 4.71. The molecule has 9 nitrogen and oxygen atoms in total. The van der Waals surface area contributed by atoms with Gasteiger partial charge in [0.05, 0.1) is 0 Å². The molecule has 0 aliphatic carbocycles. The molecule has 0 aliphatic heterocycles. The van der Waals surface area contributed by atoms with E-state index in [2.05, 4.69) is 0 Å². The molecule has 0 heterocycles. The van der Waals surface area contributed by atoms with E-state index < -0.39 is 11.3 Å². The van der Waals surface area contributed by atoms with Crippen LogP contribution in [-0.4, -0.2) is 49.8 Å². The molecule has 0 rings (SSSR count). The van der Waals surface area contributed by atoms with Crippen LogP contribution in [0.15, 0.2) is 0 Å². The van der Waals surface area contributed by atoms with E-state index in [4.69, 9.17) is 29.4 Å². The maximum absolute atomic E-state index is 5.54. The number of halogens is 1. The van der Waals surface area contributed by atoms with Crippen LogP contribution >= 0.6 is 23.0 Å². The van der Waals surface area contributed by atoms with Gasteiger partial charge in [-0.25, -0.2) is 8.00 Å². The van der Waals surface area contributed by atoms with Gasteiger partial charge in [0.15, 0.2) is 7.05 Å². The highest BCUT2D eigenvalue weighted by Gasteiger charge is 2.30. The summed E-state index contributed by atoms with van der Waals surface area (Å²) in [6.07, 6.45) is -0.959. The summed E-state index contributed by atoms with van der Waals surface area (Å²) in [5, 5.41) is 2.22. The normalized spacial score (nSPS) is 18.2. The number of hydrogen-bond acceptors (Lipinski definition) is 8. The molecule has 0 saturated heterocycles. The molecule has 0 bridgehead atoms. The average molecular weight is 338 g/mol. The lowest BCUT2D eigenvalue weighted by atomic mass is 11.0. The fourth-order valence-electron chi connectivity index (χ4n) is 0.533. The Balaban J connectivity index is 4.28. The first-order valence-electron chi connectivity index (χ1n) is 3.88. The highest BCUT2D eigenvalue weighted by atomic mass is 127. The maximum atomic E-state index is 5.54. The molecule has 0 saturated carbocycles. The lowest BCUT2D eigenvalue weighted by Crippen LogP contribution is -2.57. The van der Waals surface area contributed by atoms with Gasteiger partial charge in [0.1, 0.15) is 30.1 Å². The van der Waals surface area contributed by atoms with E-state index in [1.54, 1.807) is 30.1 Å². The van der Waals surface area contributed by atoms with Gasteiger partial charge in [0, 0.05) is 19.0 Å². The third-order valence-electron chi connectivity index (χ3n) is 1.33. The highest BCUT2D eigenvalue weighted by molar-refractivity contribution is 14.1. The van der Waals surface area contributed by atoms with Gasteiger partial charge in [-0.05, 0) is 0 Å². The van der Waals surface area contributed by atoms with Crippen molar-refractivity contribution in [2.45, 2.75) is 6.41 Å². The van der Waals surface area contributed by atoms with Crippen molar-refractivity contribution < 1.29 is 22.6 Å². The van der Waals surface area contributed by atoms with Crippen LogP contribution in [0.25, 0.3) is 0 Å². The second kappa shape index (κ2) is 6.85. The smallest absolute Gasteiger partial charge is 0.265 e. The molecule has 0 spiro atoms. The number of nitrogens with two attached hydrogens (primary N) is 2. The van der Waals surface area contributed by atoms with Crippen LogP contribution in [0.2, 0.25) is 0 Å². The summed E-state index contributed by atoms with van der Waals surface area (Å²) in [4.78, 5) is 14.4. The largest absolute Gasteiger partial charge is 0.312 e. The van der Waals surface area contributed by atoms with Gasteiger partial charge in [-0.3, -0.25) is 5.84 Å². The van der Waals surface area contributed by atoms with Crippen LogP contribution in [0.5, 0.6) is 0 Å². The van der Waals surface area contributed by atoms with Crippen molar-refractivity contribution in [1.29, 1.82) is 0 Å². The minimum Gasteiger partial charge on any atom is -0.265 e. The van der Waals surface area contributed by atoms with E-state index in [0.29, 0.717) is 0 Å². The molecule has 0 fully saturated rings. The summed E-state index contributed by atoms with van der Waals surface area (Å²) in [7, 11) is 5.91. The molecule has 0 radical (unpaired) electrons. The molecule has 2 atom stereocenters. The van der Waals surface area contributed by atoms with Gasteiger partial charge >= 0.3 is 6.41 Å². The van der Waals surface area contributed by atoms with E-state index in [9.17, 15) is 0 Å². The number of hydrogen-bond donors (Lipinski definition) is 2. The molecular formula is C5H17IN5O4+. The van der Waals surface area contributed by atoms with Gasteiger partial charge in [-0.15, -0.1) is 10.7 Å². The van der Waals surface area contributed by atoms with Crippen LogP contribution in [0.4, 0.5) is 0 Å². The van der Waals surface area contributed by atoms with Gasteiger partial charge in [-0.2, -0.15) is 5.01 Å². The van der Waals surface area contributed by atoms with E-state index in [-0.39, 0.29) is 0 Å². The first-order chi connectivity index (χ1) is 6.82. The molecule has 15 heavy (non-hydrogen) atoms. The number of quaternary nitrogens is 1. The predicted molar refractivity (Wildman–Crippen MR) is 58.2 cm³/mol. The van der Waals surface area contributed by atoms with Gasteiger partial charge < -0.3 is 0 Å². The zero-order chi connectivity index (χ0) is 12.1. The van der Waals surface area contributed by atoms with Crippen LogP contribution < -0.4 is 11.7 Å². The van der Waals surface area contributed by atoms with Crippen LogP contribution in [0, 0.1) is 0 Å². The minimum absolute atomic E-state index is 0.665. The summed E-state index contributed by atoms with van der Waals surface area (Å²) in [6.45, 7) is 0. The number of rotatable bonds is 7. The first kappa shape index (κ1) is 15.4. The van der Waals surface area contributed by atoms with Crippen molar-refractivity contribution in [3.05, 3.63) is 0 Å². The standard InChI is InChI=1S/C5H17IN5O4/c1-9(7)5(13-10(2)15-6)14-11(3,8)12-4/h5H,7-8H2,1-4H3/q+1/t5-,11?/m0/s1. The van der Waals surface area contributed by atoms with Crippen molar-refractivity contribution in [1.82, 2.24) is 10.2 Å². The van der Waals surface area contributed by atoms with Crippen molar-refractivity contribution in [3.8, 4) is 0 Å². The van der Waals surface area contributed by atoms with Crippen molar-refractivity contribution in [3.63, 3.8) is 0 Å². The maximum Gasteiger partial charge on any atom is 0.312 e. The van der Waals surface area contributed by atoms with Gasteiger partial charge in [0.25, 0.3) is 0 Å². The summed E-state index contributed by atoms with van der Waals surface area (Å²) >= 11 is 1.64. The molecule has 0 amide bonds. The Kier molecular flexibility index (Phi) is 7.02. The molecular weight excluding hydrogens is 321 g/mol. The Bertz CT molecular complexity index is 183. The minimum atomic E-state index is -0.959. The van der Waals surface area contributed by atoms with Crippen LogP contribution in [0.3, 0.4) is 0 Å². The monoisotopic (exact) mass is 338 g/mol. The zero-order valence-electron chi connectivity index (χ0n) is 9.08. The first-order valence-corrected chi connectivity index (χ1v) is 4.76. The molecule has 92 valence electrons. The number of nitrogens with zero attached hydrogens (tertiary/aromatic N) is 3. The van der Waals surface area contributed by atoms with E-state index in [0.717, 1.165) is 10.2 Å². The molecule has 10 heteroatoms. The summed E-state index contributed by atoms with van der Waals surface area (Å²) in [6, 6.07) is 0. The second-order valence-electron chi connectivity index (χ2n) is 2.78. The van der Waals surface area contributed by atoms with E-state index >= 15 is 0 Å². The summed E-state index contributed by atoms with van der Waals surface area (Å²) in [5.41, 5.74) is 0. The van der Waals surface area contributed by atoms with Crippen LogP contribution in [0.1, 0.15) is 0 Å². The fraction of sp³-hybridized carbons (Fsp3) is 1.00. The fourth-order valence-corrected chi connectivity index (χ4v) is 0.626. The quantitative estimate of drug-likeness (QED) is 0.201. The predicted octanol–water partition coefficient (Wildman–Crippen LogP) is -0.966. The van der Waals surface area contributed by atoms with Crippen molar-refractivity contribution in [2.75, 3.05) is 28.3 Å². The van der Waals surface area contributed by atoms with Crippen LogP contribution in [-0.2, 0) is 17.7 Å². The van der Waals surface area contributed by atoms with Gasteiger partial charge in [0.2, 0.25) is 0 Å². The molecule has 0 aromatic heterocycles. The topological polar surface area (TPSA) is 95.4 Å². The molecule has 0 aliphatic rings. The van der Waals surface area contributed by atoms with E-state index in [1.165, 1.54) is 21.2 Å². The number of hydroxylamine groups is 4. The molecule has 0 aromatic carbocycles. The Hall–Kier alpha value is 0.370. The van der Waals surface area contributed by atoms with Crippen molar-refractivity contribution in [2.24, 2.45) is 11.7 Å². The Morgan fingerprint density at radius 3 is 2.27 bits per heavy atom. The molecule has 1 unspecified atom stereocenters. The molecule has 0 aromatic rings. The zero-order valence-corrected chi connectivity index (χ0v) is 11.2. The van der Waals surface area contributed by atoms with Crippen molar-refractivity contribution >= 4 is 23.0 Å². The van der Waals surface area contributed by atoms with Gasteiger partial charge in [-0.1, -0.05) is 10.1 Å².